The normalized spacial score (nSPS) is 11.9. The van der Waals surface area contributed by atoms with Crippen LogP contribution in [0.5, 0.6) is 0 Å². The Morgan fingerprint density at radius 3 is 2.20 bits per heavy atom. The molecule has 0 saturated carbocycles. The highest BCUT2D eigenvalue weighted by molar-refractivity contribution is 8.00. The van der Waals surface area contributed by atoms with Gasteiger partial charge < -0.3 is 0 Å². The molecular formula is C24H20FN3OS. The standard InChI is InChI=1S/C24H20FN3OS/c1-17(29)22(19-10-6-3-7-11-19)30-24-27-26-23(20-12-14-21(25)15-13-20)28(24)16-18-8-4-2-5-9-18/h2-15,22H,16H2,1H3. The fourth-order valence-electron chi connectivity index (χ4n) is 3.22. The monoisotopic (exact) mass is 417 g/mol. The second kappa shape index (κ2) is 9.05. The highest BCUT2D eigenvalue weighted by Crippen LogP contribution is 2.36. The Labute approximate surface area is 178 Å². The summed E-state index contributed by atoms with van der Waals surface area (Å²) in [6.07, 6.45) is 0. The number of rotatable bonds is 7. The van der Waals surface area contributed by atoms with Gasteiger partial charge in [-0.3, -0.25) is 9.36 Å². The zero-order valence-electron chi connectivity index (χ0n) is 16.4. The molecule has 4 aromatic rings. The van der Waals surface area contributed by atoms with Gasteiger partial charge in [0.1, 0.15) is 11.6 Å². The molecular weight excluding hydrogens is 397 g/mol. The van der Waals surface area contributed by atoms with E-state index in [1.807, 2.05) is 65.2 Å². The van der Waals surface area contributed by atoms with E-state index in [0.717, 1.165) is 16.7 Å². The van der Waals surface area contributed by atoms with E-state index in [0.29, 0.717) is 17.5 Å². The predicted molar refractivity (Wildman–Crippen MR) is 117 cm³/mol. The number of carbonyl (C=O) groups is 1. The van der Waals surface area contributed by atoms with Crippen LogP contribution in [0.4, 0.5) is 4.39 Å². The van der Waals surface area contributed by atoms with Gasteiger partial charge in [-0.2, -0.15) is 0 Å². The number of benzene rings is 3. The van der Waals surface area contributed by atoms with Gasteiger partial charge in [-0.25, -0.2) is 4.39 Å². The number of nitrogens with zero attached hydrogens (tertiary/aromatic N) is 3. The van der Waals surface area contributed by atoms with Crippen molar-refractivity contribution >= 4 is 17.5 Å². The average Bonchev–Trinajstić information content (AvgIpc) is 3.16. The molecule has 0 aliphatic carbocycles. The molecule has 3 aromatic carbocycles. The van der Waals surface area contributed by atoms with Crippen LogP contribution in [0, 0.1) is 5.82 Å². The maximum absolute atomic E-state index is 13.4. The summed E-state index contributed by atoms with van der Waals surface area (Å²) in [5.41, 5.74) is 2.78. The first-order valence-electron chi connectivity index (χ1n) is 9.57. The molecule has 0 amide bonds. The first kappa shape index (κ1) is 20.0. The topological polar surface area (TPSA) is 47.8 Å². The summed E-state index contributed by atoms with van der Waals surface area (Å²) in [5, 5.41) is 9.02. The number of hydrogen-bond donors (Lipinski definition) is 0. The van der Waals surface area contributed by atoms with Gasteiger partial charge in [0.05, 0.1) is 11.8 Å². The molecule has 0 bridgehead atoms. The van der Waals surface area contributed by atoms with Gasteiger partial charge in [-0.15, -0.1) is 10.2 Å². The van der Waals surface area contributed by atoms with E-state index in [9.17, 15) is 9.18 Å². The molecule has 0 radical (unpaired) electrons. The molecule has 1 atom stereocenters. The largest absolute Gasteiger partial charge is 0.298 e. The van der Waals surface area contributed by atoms with Crippen molar-refractivity contribution in [3.05, 3.63) is 102 Å². The number of hydrogen-bond acceptors (Lipinski definition) is 4. The summed E-state index contributed by atoms with van der Waals surface area (Å²) in [5.74, 6) is 0.378. The minimum absolute atomic E-state index is 0.0452. The highest BCUT2D eigenvalue weighted by atomic mass is 32.2. The molecule has 0 aliphatic heterocycles. The lowest BCUT2D eigenvalue weighted by atomic mass is 10.1. The van der Waals surface area contributed by atoms with Crippen LogP contribution < -0.4 is 0 Å². The van der Waals surface area contributed by atoms with E-state index in [1.54, 1.807) is 19.1 Å². The Hall–Kier alpha value is -3.25. The van der Waals surface area contributed by atoms with Gasteiger partial charge in [0.15, 0.2) is 11.0 Å². The minimum Gasteiger partial charge on any atom is -0.298 e. The van der Waals surface area contributed by atoms with E-state index < -0.39 is 0 Å². The fourth-order valence-corrected chi connectivity index (χ4v) is 4.25. The van der Waals surface area contributed by atoms with Crippen molar-refractivity contribution in [3.63, 3.8) is 0 Å². The number of carbonyl (C=O) groups excluding carboxylic acids is 1. The molecule has 4 nitrogen and oxygen atoms in total. The van der Waals surface area contributed by atoms with Crippen molar-refractivity contribution in [2.24, 2.45) is 0 Å². The van der Waals surface area contributed by atoms with Crippen LogP contribution in [0.1, 0.15) is 23.3 Å². The molecule has 4 rings (SSSR count). The number of halogens is 1. The summed E-state index contributed by atoms with van der Waals surface area (Å²) in [6.45, 7) is 2.13. The smallest absolute Gasteiger partial charge is 0.192 e. The molecule has 0 N–H and O–H groups in total. The third-order valence-electron chi connectivity index (χ3n) is 4.70. The summed E-state index contributed by atoms with van der Waals surface area (Å²) in [4.78, 5) is 12.4. The Balaban J connectivity index is 1.75. The van der Waals surface area contributed by atoms with Gasteiger partial charge in [-0.05, 0) is 42.3 Å². The van der Waals surface area contributed by atoms with Crippen LogP contribution in [0.2, 0.25) is 0 Å². The zero-order chi connectivity index (χ0) is 20.9. The maximum Gasteiger partial charge on any atom is 0.192 e. The summed E-state index contributed by atoms with van der Waals surface area (Å²) >= 11 is 1.38. The molecule has 1 aromatic heterocycles. The Morgan fingerprint density at radius 2 is 1.57 bits per heavy atom. The van der Waals surface area contributed by atoms with E-state index in [1.165, 1.54) is 23.9 Å². The van der Waals surface area contributed by atoms with Crippen LogP contribution in [0.3, 0.4) is 0 Å². The van der Waals surface area contributed by atoms with E-state index in [4.69, 9.17) is 0 Å². The van der Waals surface area contributed by atoms with E-state index in [2.05, 4.69) is 10.2 Å². The predicted octanol–water partition coefficient (Wildman–Crippen LogP) is 5.55. The van der Waals surface area contributed by atoms with Crippen molar-refractivity contribution in [1.29, 1.82) is 0 Å². The molecule has 6 heteroatoms. The summed E-state index contributed by atoms with van der Waals surface area (Å²) in [7, 11) is 0. The van der Waals surface area contributed by atoms with Gasteiger partial charge in [0.2, 0.25) is 0 Å². The SMILES string of the molecule is CC(=O)C(Sc1nnc(-c2ccc(F)cc2)n1Cc1ccccc1)c1ccccc1. The van der Waals surface area contributed by atoms with Crippen LogP contribution in [0.25, 0.3) is 11.4 Å². The molecule has 1 heterocycles. The summed E-state index contributed by atoms with van der Waals surface area (Å²) < 4.78 is 15.4. The average molecular weight is 418 g/mol. The fraction of sp³-hybridized carbons (Fsp3) is 0.125. The lowest BCUT2D eigenvalue weighted by Gasteiger charge is -2.15. The molecule has 150 valence electrons. The third-order valence-corrected chi connectivity index (χ3v) is 6.05. The molecule has 0 fully saturated rings. The first-order valence-corrected chi connectivity index (χ1v) is 10.4. The van der Waals surface area contributed by atoms with Crippen molar-refractivity contribution in [1.82, 2.24) is 14.8 Å². The highest BCUT2D eigenvalue weighted by Gasteiger charge is 2.23. The van der Waals surface area contributed by atoms with Gasteiger partial charge in [0, 0.05) is 5.56 Å². The molecule has 30 heavy (non-hydrogen) atoms. The molecule has 0 saturated heterocycles. The number of ketones is 1. The quantitative estimate of drug-likeness (QED) is 0.370. The van der Waals surface area contributed by atoms with Crippen molar-refractivity contribution in [2.45, 2.75) is 23.9 Å². The number of aromatic nitrogens is 3. The Bertz CT molecular complexity index is 1130. The second-order valence-corrected chi connectivity index (χ2v) is 7.98. The second-order valence-electron chi connectivity index (χ2n) is 6.90. The molecule has 0 spiro atoms. The lowest BCUT2D eigenvalue weighted by Crippen LogP contribution is -2.09. The van der Waals surface area contributed by atoms with Gasteiger partial charge in [0.25, 0.3) is 0 Å². The van der Waals surface area contributed by atoms with Crippen molar-refractivity contribution in [2.75, 3.05) is 0 Å². The van der Waals surface area contributed by atoms with Crippen LogP contribution in [-0.2, 0) is 11.3 Å². The van der Waals surface area contributed by atoms with Crippen LogP contribution >= 0.6 is 11.8 Å². The maximum atomic E-state index is 13.4. The van der Waals surface area contributed by atoms with E-state index in [-0.39, 0.29) is 16.9 Å². The van der Waals surface area contributed by atoms with Crippen molar-refractivity contribution in [3.8, 4) is 11.4 Å². The van der Waals surface area contributed by atoms with Gasteiger partial charge >= 0.3 is 0 Å². The van der Waals surface area contributed by atoms with Gasteiger partial charge in [-0.1, -0.05) is 72.4 Å². The third kappa shape index (κ3) is 4.49. The number of thioether (sulfide) groups is 1. The molecule has 1 unspecified atom stereocenters. The number of Topliss-reactive ketones (excluding diaryl/α,β-unsaturated/α-hetero) is 1. The zero-order valence-corrected chi connectivity index (χ0v) is 17.2. The summed E-state index contributed by atoms with van der Waals surface area (Å²) in [6, 6.07) is 25.8. The van der Waals surface area contributed by atoms with Crippen LogP contribution in [-0.4, -0.2) is 20.5 Å². The van der Waals surface area contributed by atoms with Crippen LogP contribution in [0.15, 0.2) is 90.1 Å². The molecule has 0 aliphatic rings. The minimum atomic E-state index is -0.383. The Morgan fingerprint density at radius 1 is 0.933 bits per heavy atom. The first-order chi connectivity index (χ1) is 14.6. The van der Waals surface area contributed by atoms with E-state index >= 15 is 0 Å². The lowest BCUT2D eigenvalue weighted by molar-refractivity contribution is -0.116. The van der Waals surface area contributed by atoms with Crippen molar-refractivity contribution < 1.29 is 9.18 Å². The Kier molecular flexibility index (Phi) is 6.05.